The van der Waals surface area contributed by atoms with E-state index in [0.29, 0.717) is 11.7 Å². The van der Waals surface area contributed by atoms with Gasteiger partial charge in [-0.3, -0.25) is 0 Å². The van der Waals surface area contributed by atoms with Gasteiger partial charge in [-0.05, 0) is 54.2 Å². The summed E-state index contributed by atoms with van der Waals surface area (Å²) in [6, 6.07) is 12.4. The van der Waals surface area contributed by atoms with Crippen LogP contribution in [-0.2, 0) is 6.54 Å². The number of benzene rings is 2. The number of phenolic OH excluding ortho intramolecular Hbond substituents is 1. The zero-order valence-corrected chi connectivity index (χ0v) is 13.9. The molecule has 1 aliphatic rings. The molecule has 0 saturated heterocycles. The van der Waals surface area contributed by atoms with Gasteiger partial charge in [0.2, 0.25) is 0 Å². The fourth-order valence-corrected chi connectivity index (χ4v) is 3.64. The summed E-state index contributed by atoms with van der Waals surface area (Å²) in [6.07, 6.45) is 1.05. The summed E-state index contributed by atoms with van der Waals surface area (Å²) in [4.78, 5) is 0. The third-order valence-corrected chi connectivity index (χ3v) is 4.91. The van der Waals surface area contributed by atoms with Gasteiger partial charge in [-0.2, -0.15) is 0 Å². The third kappa shape index (κ3) is 2.85. The molecule has 2 unspecified atom stereocenters. The zero-order chi connectivity index (χ0) is 15.0. The Kier molecular flexibility index (Phi) is 4.05. The highest BCUT2D eigenvalue weighted by Gasteiger charge is 2.31. The number of phenols is 1. The third-order valence-electron chi connectivity index (χ3n) is 4.38. The highest BCUT2D eigenvalue weighted by atomic mass is 79.9. The molecule has 2 N–H and O–H groups in total. The minimum absolute atomic E-state index is 0.235. The van der Waals surface area contributed by atoms with Gasteiger partial charge < -0.3 is 10.4 Å². The number of hydrogen-bond donors (Lipinski definition) is 2. The summed E-state index contributed by atoms with van der Waals surface area (Å²) in [6.45, 7) is 5.19. The Balaban J connectivity index is 1.80. The van der Waals surface area contributed by atoms with Crippen molar-refractivity contribution in [2.24, 2.45) is 0 Å². The van der Waals surface area contributed by atoms with Gasteiger partial charge in [0.1, 0.15) is 5.75 Å². The Morgan fingerprint density at radius 2 is 1.86 bits per heavy atom. The van der Waals surface area contributed by atoms with E-state index in [1.807, 2.05) is 12.1 Å². The number of aryl methyl sites for hydroxylation is 1. The fourth-order valence-electron chi connectivity index (χ4n) is 3.37. The van der Waals surface area contributed by atoms with Crippen LogP contribution in [0.25, 0.3) is 0 Å². The van der Waals surface area contributed by atoms with Crippen LogP contribution in [0.5, 0.6) is 5.75 Å². The summed E-state index contributed by atoms with van der Waals surface area (Å²) in [5, 5.41) is 13.8. The van der Waals surface area contributed by atoms with Gasteiger partial charge in [0.05, 0.1) is 0 Å². The van der Waals surface area contributed by atoms with Gasteiger partial charge in [-0.15, -0.1) is 0 Å². The first-order valence-electron chi connectivity index (χ1n) is 7.36. The van der Waals surface area contributed by atoms with Crippen LogP contribution in [0.1, 0.15) is 47.6 Å². The molecule has 0 amide bonds. The SMILES string of the molecule is Cc1ccc(O)c2c1C(C)CC2NCc1ccc(Br)cc1. The lowest BCUT2D eigenvalue weighted by atomic mass is 9.97. The van der Waals surface area contributed by atoms with Crippen LogP contribution < -0.4 is 5.32 Å². The maximum absolute atomic E-state index is 10.2. The first kappa shape index (κ1) is 14.6. The number of halogens is 1. The number of rotatable bonds is 3. The topological polar surface area (TPSA) is 32.3 Å². The molecule has 0 spiro atoms. The molecule has 1 aliphatic carbocycles. The van der Waals surface area contributed by atoms with Gasteiger partial charge in [0.15, 0.2) is 0 Å². The molecule has 0 fully saturated rings. The van der Waals surface area contributed by atoms with E-state index in [1.165, 1.54) is 16.7 Å². The summed E-state index contributed by atoms with van der Waals surface area (Å²) < 4.78 is 1.10. The van der Waals surface area contributed by atoms with Crippen LogP contribution in [0.2, 0.25) is 0 Å². The number of hydrogen-bond acceptors (Lipinski definition) is 2. The minimum Gasteiger partial charge on any atom is -0.508 e. The van der Waals surface area contributed by atoms with Crippen molar-refractivity contribution >= 4 is 15.9 Å². The van der Waals surface area contributed by atoms with E-state index in [0.717, 1.165) is 23.0 Å². The molecule has 0 aromatic heterocycles. The van der Waals surface area contributed by atoms with Gasteiger partial charge >= 0.3 is 0 Å². The van der Waals surface area contributed by atoms with Crippen LogP contribution in [0.3, 0.4) is 0 Å². The largest absolute Gasteiger partial charge is 0.508 e. The molecule has 0 bridgehead atoms. The van der Waals surface area contributed by atoms with Crippen molar-refractivity contribution in [3.8, 4) is 5.75 Å². The highest BCUT2D eigenvalue weighted by Crippen LogP contribution is 2.45. The van der Waals surface area contributed by atoms with Gasteiger partial charge in [0, 0.05) is 22.6 Å². The molecule has 110 valence electrons. The second-order valence-electron chi connectivity index (χ2n) is 5.93. The molecule has 2 atom stereocenters. The molecule has 0 heterocycles. The van der Waals surface area contributed by atoms with Crippen molar-refractivity contribution in [2.75, 3.05) is 0 Å². The van der Waals surface area contributed by atoms with Crippen LogP contribution in [0, 0.1) is 6.92 Å². The summed E-state index contributed by atoms with van der Waals surface area (Å²) in [5.74, 6) is 0.919. The smallest absolute Gasteiger partial charge is 0.120 e. The van der Waals surface area contributed by atoms with Crippen molar-refractivity contribution in [1.29, 1.82) is 0 Å². The van der Waals surface area contributed by atoms with Crippen molar-refractivity contribution in [3.05, 3.63) is 63.1 Å². The van der Waals surface area contributed by atoms with Crippen LogP contribution in [0.15, 0.2) is 40.9 Å². The molecular formula is C18H20BrNO. The van der Waals surface area contributed by atoms with E-state index in [9.17, 15) is 5.11 Å². The lowest BCUT2D eigenvalue weighted by molar-refractivity contribution is 0.445. The zero-order valence-electron chi connectivity index (χ0n) is 12.4. The molecule has 3 rings (SSSR count). The Morgan fingerprint density at radius 1 is 1.14 bits per heavy atom. The molecule has 0 aliphatic heterocycles. The number of aromatic hydroxyl groups is 1. The van der Waals surface area contributed by atoms with E-state index < -0.39 is 0 Å². The van der Waals surface area contributed by atoms with Crippen molar-refractivity contribution in [1.82, 2.24) is 5.32 Å². The average Bonchev–Trinajstić information content (AvgIpc) is 2.80. The van der Waals surface area contributed by atoms with Crippen LogP contribution in [-0.4, -0.2) is 5.11 Å². The van der Waals surface area contributed by atoms with Crippen LogP contribution >= 0.6 is 15.9 Å². The fraction of sp³-hybridized carbons (Fsp3) is 0.333. The Hall–Kier alpha value is -1.32. The molecule has 0 saturated carbocycles. The monoisotopic (exact) mass is 345 g/mol. The van der Waals surface area contributed by atoms with E-state index in [1.54, 1.807) is 0 Å². The summed E-state index contributed by atoms with van der Waals surface area (Å²) >= 11 is 3.46. The molecule has 0 radical (unpaired) electrons. The Bertz CT molecular complexity index is 651. The standard InChI is InChI=1S/C18H20BrNO/c1-11-3-8-16(21)18-15(9-12(2)17(11)18)20-10-13-4-6-14(19)7-5-13/h3-8,12,15,20-21H,9-10H2,1-2H3. The molecular weight excluding hydrogens is 326 g/mol. The van der Waals surface area contributed by atoms with Crippen molar-refractivity contribution in [3.63, 3.8) is 0 Å². The molecule has 2 aromatic carbocycles. The van der Waals surface area contributed by atoms with E-state index in [-0.39, 0.29) is 6.04 Å². The normalized spacial score (nSPS) is 20.5. The molecule has 21 heavy (non-hydrogen) atoms. The second kappa shape index (κ2) is 5.82. The molecule has 2 aromatic rings. The quantitative estimate of drug-likeness (QED) is 0.837. The van der Waals surface area contributed by atoms with Gasteiger partial charge in [-0.25, -0.2) is 0 Å². The van der Waals surface area contributed by atoms with E-state index >= 15 is 0 Å². The Labute approximate surface area is 134 Å². The lowest BCUT2D eigenvalue weighted by Gasteiger charge is -2.16. The highest BCUT2D eigenvalue weighted by molar-refractivity contribution is 9.10. The number of nitrogens with one attached hydrogen (secondary N) is 1. The average molecular weight is 346 g/mol. The first-order chi connectivity index (χ1) is 10.1. The summed E-state index contributed by atoms with van der Waals surface area (Å²) in [5.41, 5.74) is 4.96. The predicted octanol–water partition coefficient (Wildman–Crippen LogP) is 4.80. The minimum atomic E-state index is 0.235. The van der Waals surface area contributed by atoms with Crippen molar-refractivity contribution in [2.45, 2.75) is 38.8 Å². The predicted molar refractivity (Wildman–Crippen MR) is 89.6 cm³/mol. The maximum Gasteiger partial charge on any atom is 0.120 e. The van der Waals surface area contributed by atoms with Gasteiger partial charge in [-0.1, -0.05) is 41.1 Å². The van der Waals surface area contributed by atoms with Crippen LogP contribution in [0.4, 0.5) is 0 Å². The maximum atomic E-state index is 10.2. The summed E-state index contributed by atoms with van der Waals surface area (Å²) in [7, 11) is 0. The van der Waals surface area contributed by atoms with E-state index in [4.69, 9.17) is 0 Å². The lowest BCUT2D eigenvalue weighted by Crippen LogP contribution is -2.18. The van der Waals surface area contributed by atoms with Crippen molar-refractivity contribution < 1.29 is 5.11 Å². The number of fused-ring (bicyclic) bond motifs is 1. The molecule has 2 nitrogen and oxygen atoms in total. The molecule has 3 heteroatoms. The van der Waals surface area contributed by atoms with Gasteiger partial charge in [0.25, 0.3) is 0 Å². The second-order valence-corrected chi connectivity index (χ2v) is 6.84. The van der Waals surface area contributed by atoms with E-state index in [2.05, 4.69) is 59.4 Å². The Morgan fingerprint density at radius 3 is 2.57 bits per heavy atom. The first-order valence-corrected chi connectivity index (χ1v) is 8.15.